The molecule has 0 N–H and O–H groups in total. The van der Waals surface area contributed by atoms with Crippen molar-refractivity contribution in [3.63, 3.8) is 0 Å². The highest BCUT2D eigenvalue weighted by atomic mass is 35.5. The summed E-state index contributed by atoms with van der Waals surface area (Å²) in [6.07, 6.45) is 0.934. The number of esters is 1. The van der Waals surface area contributed by atoms with E-state index >= 15 is 0 Å². The SMILES string of the molecule is CCCn1c(C)cc(C(=O)COC(=O)c2cc(S(=O)(=O)N(C)C)ccc2Cl)c1C. The predicted octanol–water partition coefficient (Wildman–Crippen LogP) is 3.46. The Kier molecular flexibility index (Phi) is 7.26. The number of ketones is 1. The van der Waals surface area contributed by atoms with Gasteiger partial charge in [-0.15, -0.1) is 0 Å². The summed E-state index contributed by atoms with van der Waals surface area (Å²) < 4.78 is 32.7. The monoisotopic (exact) mass is 440 g/mol. The summed E-state index contributed by atoms with van der Waals surface area (Å²) in [5.74, 6) is -1.19. The normalized spacial score (nSPS) is 11.7. The number of carbonyl (C=O) groups is 2. The van der Waals surface area contributed by atoms with E-state index in [1.807, 2.05) is 18.4 Å². The van der Waals surface area contributed by atoms with E-state index in [1.54, 1.807) is 6.07 Å². The van der Waals surface area contributed by atoms with E-state index < -0.39 is 22.6 Å². The number of hydrogen-bond acceptors (Lipinski definition) is 5. The summed E-state index contributed by atoms with van der Waals surface area (Å²) in [4.78, 5) is 24.9. The second-order valence-corrected chi connectivity index (χ2v) is 9.42. The fraction of sp³-hybridized carbons (Fsp3) is 0.400. The molecule has 9 heteroatoms. The van der Waals surface area contributed by atoms with Crippen molar-refractivity contribution >= 4 is 33.4 Å². The molecule has 0 saturated heterocycles. The van der Waals surface area contributed by atoms with Crippen molar-refractivity contribution in [3.8, 4) is 0 Å². The number of aromatic nitrogens is 1. The highest BCUT2D eigenvalue weighted by Gasteiger charge is 2.23. The van der Waals surface area contributed by atoms with Crippen molar-refractivity contribution in [2.24, 2.45) is 0 Å². The minimum atomic E-state index is -3.74. The van der Waals surface area contributed by atoms with Crippen molar-refractivity contribution in [1.29, 1.82) is 0 Å². The largest absolute Gasteiger partial charge is 0.454 e. The third kappa shape index (κ3) is 4.88. The Hall–Kier alpha value is -2.16. The molecule has 0 atom stereocenters. The van der Waals surface area contributed by atoms with Crippen molar-refractivity contribution in [3.05, 3.63) is 51.8 Å². The van der Waals surface area contributed by atoms with Gasteiger partial charge in [0.1, 0.15) is 0 Å². The minimum absolute atomic E-state index is 0.0429. The average Bonchev–Trinajstić information content (AvgIpc) is 2.94. The summed E-state index contributed by atoms with van der Waals surface area (Å²) in [6, 6.07) is 5.55. The van der Waals surface area contributed by atoms with Crippen LogP contribution in [0, 0.1) is 13.8 Å². The number of ether oxygens (including phenoxy) is 1. The molecule has 0 saturated carbocycles. The highest BCUT2D eigenvalue weighted by Crippen LogP contribution is 2.23. The molecule has 0 fully saturated rings. The van der Waals surface area contributed by atoms with Gasteiger partial charge < -0.3 is 9.30 Å². The number of rotatable bonds is 8. The molecular formula is C20H25ClN2O5S. The van der Waals surface area contributed by atoms with E-state index in [0.717, 1.165) is 34.7 Å². The predicted molar refractivity (Wildman–Crippen MR) is 111 cm³/mol. The molecule has 0 aliphatic heterocycles. The number of sulfonamides is 1. The second kappa shape index (κ2) is 9.11. The zero-order chi connectivity index (χ0) is 21.9. The molecule has 1 heterocycles. The van der Waals surface area contributed by atoms with Gasteiger partial charge in [0.15, 0.2) is 6.61 Å². The van der Waals surface area contributed by atoms with Gasteiger partial charge in [-0.25, -0.2) is 17.5 Å². The fourth-order valence-corrected chi connectivity index (χ4v) is 4.09. The van der Waals surface area contributed by atoms with Crippen LogP contribution in [0.4, 0.5) is 0 Å². The van der Waals surface area contributed by atoms with Crippen LogP contribution < -0.4 is 0 Å². The molecule has 0 bridgehead atoms. The van der Waals surface area contributed by atoms with Crippen molar-refractivity contribution in [1.82, 2.24) is 8.87 Å². The molecule has 1 aromatic carbocycles. The zero-order valence-electron chi connectivity index (χ0n) is 17.2. The first-order valence-corrected chi connectivity index (χ1v) is 10.9. The fourth-order valence-electron chi connectivity index (χ4n) is 2.97. The molecule has 29 heavy (non-hydrogen) atoms. The van der Waals surface area contributed by atoms with Gasteiger partial charge in [0.2, 0.25) is 15.8 Å². The maximum absolute atomic E-state index is 12.5. The Morgan fingerprint density at radius 1 is 1.14 bits per heavy atom. The van der Waals surface area contributed by atoms with Crippen LogP contribution in [0.2, 0.25) is 5.02 Å². The van der Waals surface area contributed by atoms with Crippen LogP contribution in [0.25, 0.3) is 0 Å². The average molecular weight is 441 g/mol. The number of aryl methyl sites for hydroxylation is 1. The molecule has 0 aliphatic rings. The highest BCUT2D eigenvalue weighted by molar-refractivity contribution is 7.89. The summed E-state index contributed by atoms with van der Waals surface area (Å²) in [6.45, 7) is 6.16. The van der Waals surface area contributed by atoms with Crippen LogP contribution in [0.15, 0.2) is 29.2 Å². The Labute approximate surface area is 176 Å². The van der Waals surface area contributed by atoms with Gasteiger partial charge in [0.25, 0.3) is 0 Å². The van der Waals surface area contributed by atoms with E-state index in [-0.39, 0.29) is 21.3 Å². The van der Waals surface area contributed by atoms with Crippen LogP contribution >= 0.6 is 11.6 Å². The van der Waals surface area contributed by atoms with Crippen LogP contribution in [0.1, 0.15) is 45.4 Å². The Morgan fingerprint density at radius 3 is 2.38 bits per heavy atom. The van der Waals surface area contributed by atoms with Gasteiger partial charge in [-0.1, -0.05) is 18.5 Å². The maximum Gasteiger partial charge on any atom is 0.340 e. The third-order valence-corrected chi connectivity index (χ3v) is 6.73. The molecular weight excluding hydrogens is 416 g/mol. The first-order valence-electron chi connectivity index (χ1n) is 9.09. The third-order valence-electron chi connectivity index (χ3n) is 4.59. The molecule has 1 aromatic heterocycles. The molecule has 2 rings (SSSR count). The molecule has 7 nitrogen and oxygen atoms in total. The first kappa shape index (κ1) is 23.1. The lowest BCUT2D eigenvalue weighted by Crippen LogP contribution is -2.22. The number of hydrogen-bond donors (Lipinski definition) is 0. The van der Waals surface area contributed by atoms with E-state index in [4.69, 9.17) is 16.3 Å². The lowest BCUT2D eigenvalue weighted by atomic mass is 10.1. The molecule has 158 valence electrons. The molecule has 2 aromatic rings. The van der Waals surface area contributed by atoms with Crippen LogP contribution in [-0.2, 0) is 21.3 Å². The second-order valence-electron chi connectivity index (χ2n) is 6.86. The van der Waals surface area contributed by atoms with Gasteiger partial charge in [-0.3, -0.25) is 4.79 Å². The molecule has 0 radical (unpaired) electrons. The van der Waals surface area contributed by atoms with E-state index in [2.05, 4.69) is 6.92 Å². The molecule has 0 amide bonds. The molecule has 0 unspecified atom stereocenters. The van der Waals surface area contributed by atoms with Crippen LogP contribution in [-0.4, -0.2) is 49.7 Å². The van der Waals surface area contributed by atoms with E-state index in [1.165, 1.54) is 26.2 Å². The lowest BCUT2D eigenvalue weighted by molar-refractivity contribution is 0.0474. The molecule has 0 spiro atoms. The van der Waals surface area contributed by atoms with Gasteiger partial charge in [-0.05, 0) is 44.5 Å². The van der Waals surface area contributed by atoms with Gasteiger partial charge in [0.05, 0.1) is 15.5 Å². The van der Waals surface area contributed by atoms with E-state index in [9.17, 15) is 18.0 Å². The Balaban J connectivity index is 2.20. The number of nitrogens with zero attached hydrogens (tertiary/aromatic N) is 2. The topological polar surface area (TPSA) is 85.7 Å². The lowest BCUT2D eigenvalue weighted by Gasteiger charge is -2.13. The smallest absolute Gasteiger partial charge is 0.340 e. The van der Waals surface area contributed by atoms with Crippen molar-refractivity contribution < 1.29 is 22.7 Å². The summed E-state index contributed by atoms with van der Waals surface area (Å²) >= 11 is 6.04. The summed E-state index contributed by atoms with van der Waals surface area (Å²) in [5.41, 5.74) is 2.17. The quantitative estimate of drug-likeness (QED) is 0.463. The van der Waals surface area contributed by atoms with E-state index in [0.29, 0.717) is 5.56 Å². The van der Waals surface area contributed by atoms with Crippen LogP contribution in [0.5, 0.6) is 0 Å². The number of halogens is 1. The van der Waals surface area contributed by atoms with Crippen molar-refractivity contribution in [2.75, 3.05) is 20.7 Å². The maximum atomic E-state index is 12.5. The Bertz CT molecular complexity index is 1040. The van der Waals surface area contributed by atoms with Gasteiger partial charge in [0, 0.05) is 37.6 Å². The zero-order valence-corrected chi connectivity index (χ0v) is 18.7. The number of Topliss-reactive ketones (excluding diaryl/α,β-unsaturated/α-hetero) is 1. The summed E-state index contributed by atoms with van der Waals surface area (Å²) in [7, 11) is -0.971. The standard InChI is InChI=1S/C20H25ClN2O5S/c1-6-9-23-13(2)10-16(14(23)3)19(24)12-28-20(25)17-11-15(7-8-18(17)21)29(26,27)22(4)5/h7-8,10-11H,6,9,12H2,1-5H3. The summed E-state index contributed by atoms with van der Waals surface area (Å²) in [5, 5.41) is 0.0429. The van der Waals surface area contributed by atoms with Gasteiger partial charge in [-0.2, -0.15) is 0 Å². The minimum Gasteiger partial charge on any atom is -0.454 e. The first-order chi connectivity index (χ1) is 13.5. The number of carbonyl (C=O) groups excluding carboxylic acids is 2. The van der Waals surface area contributed by atoms with Gasteiger partial charge >= 0.3 is 5.97 Å². The Morgan fingerprint density at radius 2 is 1.79 bits per heavy atom. The van der Waals surface area contributed by atoms with Crippen molar-refractivity contribution in [2.45, 2.75) is 38.6 Å². The van der Waals surface area contributed by atoms with Crippen LogP contribution in [0.3, 0.4) is 0 Å². The number of benzene rings is 1. The molecule has 0 aliphatic carbocycles.